The van der Waals surface area contributed by atoms with Gasteiger partial charge in [-0.1, -0.05) is 12.1 Å². The van der Waals surface area contributed by atoms with Gasteiger partial charge in [-0.05, 0) is 26.0 Å². The Bertz CT molecular complexity index is 483. The fraction of sp³-hybridized carbons (Fsp3) is 0.588. The molecule has 5 heteroatoms. The van der Waals surface area contributed by atoms with Crippen molar-refractivity contribution in [2.45, 2.75) is 19.9 Å². The van der Waals surface area contributed by atoms with Crippen molar-refractivity contribution in [2.24, 2.45) is 5.41 Å². The van der Waals surface area contributed by atoms with Gasteiger partial charge in [-0.2, -0.15) is 0 Å². The topological polar surface area (TPSA) is 36.8 Å². The predicted octanol–water partition coefficient (Wildman–Crippen LogP) is 1.32. The molecule has 0 unspecified atom stereocenters. The van der Waals surface area contributed by atoms with Gasteiger partial charge in [0.15, 0.2) is 0 Å². The van der Waals surface area contributed by atoms with Gasteiger partial charge < -0.3 is 15.1 Å². The summed E-state index contributed by atoms with van der Waals surface area (Å²) in [7, 11) is 8.25. The molecule has 0 spiro atoms. The van der Waals surface area contributed by atoms with Crippen LogP contribution in [0.1, 0.15) is 25.5 Å². The minimum atomic E-state index is -0.539. The van der Waals surface area contributed by atoms with E-state index in [0.29, 0.717) is 12.4 Å². The quantitative estimate of drug-likeness (QED) is 0.742. The van der Waals surface area contributed by atoms with Crippen LogP contribution in [0.25, 0.3) is 0 Å². The highest BCUT2D eigenvalue weighted by Crippen LogP contribution is 2.18. The van der Waals surface area contributed by atoms with E-state index in [0.717, 1.165) is 0 Å². The molecule has 1 amide bonds. The number of rotatable bonds is 7. The lowest BCUT2D eigenvalue weighted by molar-refractivity contribution is -0.890. The molecule has 4 nitrogen and oxygen atoms in total. The average Bonchev–Trinajstić information content (AvgIpc) is 2.47. The Kier molecular flexibility index (Phi) is 6.69. The molecule has 0 aromatic heterocycles. The molecule has 0 heterocycles. The Balaban J connectivity index is 2.80. The third-order valence-corrected chi connectivity index (χ3v) is 4.59. The van der Waals surface area contributed by atoms with E-state index in [1.54, 1.807) is 0 Å². The zero-order chi connectivity index (χ0) is 16.9. The van der Waals surface area contributed by atoms with E-state index in [4.69, 9.17) is 11.6 Å². The number of likely N-dealkylation sites (N-methyl/N-ethyl adjacent to an activating group) is 1. The molecule has 0 fully saturated rings. The van der Waals surface area contributed by atoms with Crippen LogP contribution in [-0.4, -0.2) is 46.5 Å². The molecule has 1 aromatic carbocycles. The number of quaternary nitrogens is 1. The number of amides is 1. The normalized spacial score (nSPS) is 13.1. The van der Waals surface area contributed by atoms with Crippen molar-refractivity contribution in [1.29, 1.82) is 0 Å². The highest BCUT2D eigenvalue weighted by atomic mass is 35.5. The van der Waals surface area contributed by atoms with Crippen LogP contribution in [0.5, 0.6) is 0 Å². The van der Waals surface area contributed by atoms with Gasteiger partial charge in [0, 0.05) is 31.2 Å². The molecular weight excluding hydrogens is 298 g/mol. The molecule has 0 saturated carbocycles. The Hall–Kier alpha value is -1.26. The second-order valence-electron chi connectivity index (χ2n) is 6.84. The lowest BCUT2D eigenvalue weighted by atomic mass is 9.95. The molecular formula is C17H29ClN3O+. The van der Waals surface area contributed by atoms with Gasteiger partial charge in [0.05, 0.1) is 26.1 Å². The summed E-state index contributed by atoms with van der Waals surface area (Å²) in [5.41, 5.74) is 1.85. The van der Waals surface area contributed by atoms with E-state index in [9.17, 15) is 4.79 Å². The molecule has 1 atom stereocenters. The summed E-state index contributed by atoms with van der Waals surface area (Å²) in [4.78, 5) is 15.5. The van der Waals surface area contributed by atoms with Gasteiger partial charge in [0.1, 0.15) is 6.04 Å². The molecule has 124 valence electrons. The maximum atomic E-state index is 12.2. The van der Waals surface area contributed by atoms with Crippen LogP contribution in [-0.2, 0) is 4.79 Å². The second-order valence-corrected chi connectivity index (χ2v) is 7.11. The van der Waals surface area contributed by atoms with Gasteiger partial charge in [0.25, 0.3) is 0 Å². The van der Waals surface area contributed by atoms with E-state index in [1.807, 2.05) is 27.9 Å². The highest BCUT2D eigenvalue weighted by molar-refractivity contribution is 6.19. The largest absolute Gasteiger partial charge is 0.378 e. The SMILES string of the molecule is CN(C)c1ccc([C@@H](CNC(=O)C(C)(C)CCl)[NH+](C)C)cc1. The minimum Gasteiger partial charge on any atom is -0.378 e. The molecule has 1 rings (SSSR count). The minimum absolute atomic E-state index is 0.00124. The van der Waals surface area contributed by atoms with Gasteiger partial charge in [-0.15, -0.1) is 11.6 Å². The smallest absolute Gasteiger partial charge is 0.227 e. The monoisotopic (exact) mass is 326 g/mol. The van der Waals surface area contributed by atoms with Crippen molar-refractivity contribution < 1.29 is 9.69 Å². The molecule has 0 aliphatic heterocycles. The number of hydrogen-bond donors (Lipinski definition) is 2. The van der Waals surface area contributed by atoms with Crippen molar-refractivity contribution in [3.8, 4) is 0 Å². The van der Waals surface area contributed by atoms with E-state index in [2.05, 4.69) is 48.6 Å². The first-order valence-corrected chi connectivity index (χ1v) is 8.14. The molecule has 0 bridgehead atoms. The van der Waals surface area contributed by atoms with Gasteiger partial charge >= 0.3 is 0 Å². The van der Waals surface area contributed by atoms with Crippen LogP contribution in [0, 0.1) is 5.41 Å². The second kappa shape index (κ2) is 7.84. The summed E-state index contributed by atoms with van der Waals surface area (Å²) in [6.45, 7) is 4.32. The number of benzene rings is 1. The number of carbonyl (C=O) groups is 1. The number of nitrogens with zero attached hydrogens (tertiary/aromatic N) is 1. The molecule has 0 radical (unpaired) electrons. The van der Waals surface area contributed by atoms with Crippen LogP contribution in [0.2, 0.25) is 0 Å². The van der Waals surface area contributed by atoms with Gasteiger partial charge in [-0.25, -0.2) is 0 Å². The summed E-state index contributed by atoms with van der Waals surface area (Å²) in [6, 6.07) is 8.69. The Morgan fingerprint density at radius 3 is 2.23 bits per heavy atom. The number of alkyl halides is 1. The molecule has 0 aliphatic rings. The average molecular weight is 327 g/mol. The summed E-state index contributed by atoms with van der Waals surface area (Å²) < 4.78 is 0. The Morgan fingerprint density at radius 1 is 1.27 bits per heavy atom. The number of hydrogen-bond acceptors (Lipinski definition) is 2. The first-order chi connectivity index (χ1) is 10.2. The van der Waals surface area contributed by atoms with Gasteiger partial charge in [0.2, 0.25) is 5.91 Å². The summed E-state index contributed by atoms with van der Waals surface area (Å²) in [5, 5.41) is 3.04. The lowest BCUT2D eigenvalue weighted by Gasteiger charge is -2.26. The van der Waals surface area contributed by atoms with E-state index in [-0.39, 0.29) is 11.9 Å². The first kappa shape index (κ1) is 18.8. The predicted molar refractivity (Wildman–Crippen MR) is 93.8 cm³/mol. The zero-order valence-electron chi connectivity index (χ0n) is 14.5. The molecule has 0 saturated heterocycles. The molecule has 0 aliphatic carbocycles. The van der Waals surface area contributed by atoms with E-state index >= 15 is 0 Å². The van der Waals surface area contributed by atoms with Crippen molar-refractivity contribution in [3.05, 3.63) is 29.8 Å². The van der Waals surface area contributed by atoms with Crippen LogP contribution in [0.15, 0.2) is 24.3 Å². The molecule has 22 heavy (non-hydrogen) atoms. The van der Waals surface area contributed by atoms with Crippen molar-refractivity contribution >= 4 is 23.2 Å². The summed E-state index contributed by atoms with van der Waals surface area (Å²) in [5.74, 6) is 0.314. The number of anilines is 1. The summed E-state index contributed by atoms with van der Waals surface area (Å²) in [6.07, 6.45) is 0. The number of halogens is 1. The Labute approximate surface area is 139 Å². The summed E-state index contributed by atoms with van der Waals surface area (Å²) >= 11 is 5.86. The first-order valence-electron chi connectivity index (χ1n) is 7.60. The highest BCUT2D eigenvalue weighted by Gasteiger charge is 2.28. The van der Waals surface area contributed by atoms with Crippen LogP contribution in [0.4, 0.5) is 5.69 Å². The van der Waals surface area contributed by atoms with Crippen LogP contribution < -0.4 is 15.1 Å². The van der Waals surface area contributed by atoms with Crippen LogP contribution >= 0.6 is 11.6 Å². The molecule has 1 aromatic rings. The maximum absolute atomic E-state index is 12.2. The third kappa shape index (κ3) is 4.89. The fourth-order valence-electron chi connectivity index (χ4n) is 2.15. The van der Waals surface area contributed by atoms with Crippen LogP contribution in [0.3, 0.4) is 0 Å². The van der Waals surface area contributed by atoms with Gasteiger partial charge in [-0.3, -0.25) is 4.79 Å². The third-order valence-electron chi connectivity index (χ3n) is 3.92. The standard InChI is InChI=1S/C17H28ClN3O/c1-17(2,12-18)16(22)19-11-15(21(5)6)13-7-9-14(10-8-13)20(3)4/h7-10,15H,11-12H2,1-6H3,(H,19,22)/p+1/t15-/m1/s1. The fourth-order valence-corrected chi connectivity index (χ4v) is 2.28. The number of carbonyl (C=O) groups excluding carboxylic acids is 1. The zero-order valence-corrected chi connectivity index (χ0v) is 15.3. The number of nitrogens with one attached hydrogen (secondary N) is 2. The molecule has 2 N–H and O–H groups in total. The van der Waals surface area contributed by atoms with E-state index in [1.165, 1.54) is 16.2 Å². The lowest BCUT2D eigenvalue weighted by Crippen LogP contribution is -3.07. The van der Waals surface area contributed by atoms with Crippen molar-refractivity contribution in [2.75, 3.05) is 45.5 Å². The van der Waals surface area contributed by atoms with E-state index < -0.39 is 5.41 Å². The maximum Gasteiger partial charge on any atom is 0.227 e. The van der Waals surface area contributed by atoms with Crippen molar-refractivity contribution in [1.82, 2.24) is 5.32 Å². The van der Waals surface area contributed by atoms with Crippen molar-refractivity contribution in [3.63, 3.8) is 0 Å². The Morgan fingerprint density at radius 2 is 1.82 bits per heavy atom.